The van der Waals surface area contributed by atoms with Gasteiger partial charge in [-0.1, -0.05) is 17.3 Å². The van der Waals surface area contributed by atoms with Crippen LogP contribution in [0.2, 0.25) is 0 Å². The minimum atomic E-state index is -0.486. The van der Waals surface area contributed by atoms with E-state index in [2.05, 4.69) is 10.5 Å². The molecule has 0 heterocycles. The van der Waals surface area contributed by atoms with Crippen LogP contribution in [0.3, 0.4) is 0 Å². The van der Waals surface area contributed by atoms with E-state index in [-0.39, 0.29) is 6.10 Å². The maximum absolute atomic E-state index is 11.3. The molecule has 0 saturated carbocycles. The highest BCUT2D eigenvalue weighted by Crippen LogP contribution is 2.11. The van der Waals surface area contributed by atoms with E-state index in [1.165, 1.54) is 0 Å². The van der Waals surface area contributed by atoms with Crippen LogP contribution in [0.15, 0.2) is 29.4 Å². The highest BCUT2D eigenvalue weighted by atomic mass is 16.6. The van der Waals surface area contributed by atoms with Crippen molar-refractivity contribution in [2.45, 2.75) is 26.9 Å². The standard InChI is InChI=1S/C12H16N2O3/c1-8(2)17-12(15)13-11-6-4-10(5-7-11)9(3)14-16/h4-8,16H,1-3H3,(H,13,15). The summed E-state index contributed by atoms with van der Waals surface area (Å²) in [6.07, 6.45) is -0.640. The van der Waals surface area contributed by atoms with Gasteiger partial charge in [-0.25, -0.2) is 4.79 Å². The monoisotopic (exact) mass is 236 g/mol. The molecule has 17 heavy (non-hydrogen) atoms. The van der Waals surface area contributed by atoms with Gasteiger partial charge in [0.15, 0.2) is 0 Å². The van der Waals surface area contributed by atoms with Crippen molar-refractivity contribution in [1.29, 1.82) is 0 Å². The zero-order chi connectivity index (χ0) is 12.8. The van der Waals surface area contributed by atoms with Crippen molar-refractivity contribution in [3.05, 3.63) is 29.8 Å². The fourth-order valence-electron chi connectivity index (χ4n) is 1.21. The van der Waals surface area contributed by atoms with Crippen molar-refractivity contribution in [2.24, 2.45) is 5.16 Å². The molecule has 0 aliphatic rings. The molecule has 0 aromatic heterocycles. The average Bonchev–Trinajstić information content (AvgIpc) is 2.28. The summed E-state index contributed by atoms with van der Waals surface area (Å²) in [6.45, 7) is 5.25. The maximum atomic E-state index is 11.3. The summed E-state index contributed by atoms with van der Waals surface area (Å²) >= 11 is 0. The highest BCUT2D eigenvalue weighted by Gasteiger charge is 2.05. The number of amides is 1. The highest BCUT2D eigenvalue weighted by molar-refractivity contribution is 5.98. The zero-order valence-corrected chi connectivity index (χ0v) is 10.1. The minimum absolute atomic E-state index is 0.155. The van der Waals surface area contributed by atoms with Crippen molar-refractivity contribution < 1.29 is 14.7 Å². The molecule has 0 saturated heterocycles. The zero-order valence-electron chi connectivity index (χ0n) is 10.1. The molecule has 2 N–H and O–H groups in total. The SMILES string of the molecule is CC(=NO)c1ccc(NC(=O)OC(C)C)cc1. The van der Waals surface area contributed by atoms with Crippen LogP contribution >= 0.6 is 0 Å². The number of nitrogens with zero attached hydrogens (tertiary/aromatic N) is 1. The lowest BCUT2D eigenvalue weighted by atomic mass is 10.1. The summed E-state index contributed by atoms with van der Waals surface area (Å²) in [5.41, 5.74) is 1.93. The Morgan fingerprint density at radius 3 is 2.41 bits per heavy atom. The third-order valence-corrected chi connectivity index (χ3v) is 2.04. The Hall–Kier alpha value is -2.04. The molecule has 1 aromatic rings. The fraction of sp³-hybridized carbons (Fsp3) is 0.333. The van der Waals surface area contributed by atoms with Gasteiger partial charge < -0.3 is 9.94 Å². The molecule has 0 atom stereocenters. The Kier molecular flexibility index (Phi) is 4.51. The topological polar surface area (TPSA) is 70.9 Å². The van der Waals surface area contributed by atoms with E-state index in [1.54, 1.807) is 45.0 Å². The average molecular weight is 236 g/mol. The first-order valence-corrected chi connectivity index (χ1v) is 5.29. The van der Waals surface area contributed by atoms with Gasteiger partial charge in [0.25, 0.3) is 0 Å². The first-order valence-electron chi connectivity index (χ1n) is 5.29. The van der Waals surface area contributed by atoms with Crippen molar-refractivity contribution >= 4 is 17.5 Å². The summed E-state index contributed by atoms with van der Waals surface area (Å²) < 4.78 is 4.94. The molecule has 0 fully saturated rings. The smallest absolute Gasteiger partial charge is 0.411 e. The van der Waals surface area contributed by atoms with Crippen LogP contribution in [0.25, 0.3) is 0 Å². The number of ether oxygens (including phenoxy) is 1. The number of hydrogen-bond acceptors (Lipinski definition) is 4. The first-order chi connectivity index (χ1) is 8.02. The maximum Gasteiger partial charge on any atom is 0.411 e. The molecular weight excluding hydrogens is 220 g/mol. The van der Waals surface area contributed by atoms with Crippen molar-refractivity contribution in [2.75, 3.05) is 5.32 Å². The van der Waals surface area contributed by atoms with Gasteiger partial charge >= 0.3 is 6.09 Å². The molecule has 5 nitrogen and oxygen atoms in total. The van der Waals surface area contributed by atoms with Gasteiger partial charge in [0.2, 0.25) is 0 Å². The number of oxime groups is 1. The largest absolute Gasteiger partial charge is 0.447 e. The second-order valence-corrected chi connectivity index (χ2v) is 3.84. The van der Waals surface area contributed by atoms with E-state index in [0.717, 1.165) is 5.56 Å². The van der Waals surface area contributed by atoms with Gasteiger partial charge in [0.05, 0.1) is 11.8 Å². The molecular formula is C12H16N2O3. The van der Waals surface area contributed by atoms with Gasteiger partial charge in [-0.3, -0.25) is 5.32 Å². The van der Waals surface area contributed by atoms with Crippen molar-refractivity contribution in [1.82, 2.24) is 0 Å². The van der Waals surface area contributed by atoms with Crippen LogP contribution in [0.1, 0.15) is 26.3 Å². The van der Waals surface area contributed by atoms with Crippen LogP contribution < -0.4 is 5.32 Å². The van der Waals surface area contributed by atoms with Gasteiger partial charge in [-0.15, -0.1) is 0 Å². The lowest BCUT2D eigenvalue weighted by Crippen LogP contribution is -2.17. The Labute approximate surface area is 100 Å². The van der Waals surface area contributed by atoms with Crippen LogP contribution in [0.4, 0.5) is 10.5 Å². The van der Waals surface area contributed by atoms with Crippen LogP contribution in [0, 0.1) is 0 Å². The summed E-state index contributed by atoms with van der Waals surface area (Å²) in [7, 11) is 0. The van der Waals surface area contributed by atoms with Gasteiger partial charge in [0, 0.05) is 5.69 Å². The van der Waals surface area contributed by atoms with E-state index in [0.29, 0.717) is 11.4 Å². The first kappa shape index (κ1) is 13.0. The summed E-state index contributed by atoms with van der Waals surface area (Å²) in [6, 6.07) is 6.93. The van der Waals surface area contributed by atoms with Gasteiger partial charge in [-0.05, 0) is 38.5 Å². The normalized spacial score (nSPS) is 11.4. The lowest BCUT2D eigenvalue weighted by Gasteiger charge is -2.09. The summed E-state index contributed by atoms with van der Waals surface area (Å²) in [4.78, 5) is 11.3. The Bertz CT molecular complexity index is 410. The molecule has 0 bridgehead atoms. The molecule has 5 heteroatoms. The number of benzene rings is 1. The molecule has 0 unspecified atom stereocenters. The van der Waals surface area contributed by atoms with Crippen LogP contribution in [-0.2, 0) is 4.74 Å². The van der Waals surface area contributed by atoms with Crippen LogP contribution in [-0.4, -0.2) is 23.1 Å². The van der Waals surface area contributed by atoms with E-state index >= 15 is 0 Å². The molecule has 0 radical (unpaired) electrons. The lowest BCUT2D eigenvalue weighted by molar-refractivity contribution is 0.130. The Morgan fingerprint density at radius 1 is 1.35 bits per heavy atom. The number of hydrogen-bond donors (Lipinski definition) is 2. The second kappa shape index (κ2) is 5.89. The second-order valence-electron chi connectivity index (χ2n) is 3.84. The number of anilines is 1. The van der Waals surface area contributed by atoms with E-state index < -0.39 is 6.09 Å². The van der Waals surface area contributed by atoms with Crippen molar-refractivity contribution in [3.63, 3.8) is 0 Å². The quantitative estimate of drug-likeness (QED) is 0.481. The van der Waals surface area contributed by atoms with Crippen LogP contribution in [0.5, 0.6) is 0 Å². The molecule has 0 aliphatic heterocycles. The molecule has 92 valence electrons. The fourth-order valence-corrected chi connectivity index (χ4v) is 1.21. The number of nitrogens with one attached hydrogen (secondary N) is 1. The molecule has 1 amide bonds. The van der Waals surface area contributed by atoms with Gasteiger partial charge in [0.1, 0.15) is 0 Å². The molecule has 0 aliphatic carbocycles. The van der Waals surface area contributed by atoms with Crippen molar-refractivity contribution in [3.8, 4) is 0 Å². The van der Waals surface area contributed by atoms with E-state index in [4.69, 9.17) is 9.94 Å². The third-order valence-electron chi connectivity index (χ3n) is 2.04. The number of carbonyl (C=O) groups excluding carboxylic acids is 1. The van der Waals surface area contributed by atoms with Gasteiger partial charge in [-0.2, -0.15) is 0 Å². The minimum Gasteiger partial charge on any atom is -0.447 e. The Morgan fingerprint density at radius 2 is 1.94 bits per heavy atom. The summed E-state index contributed by atoms with van der Waals surface area (Å²) in [5.74, 6) is 0. The molecule has 1 rings (SSSR count). The van der Waals surface area contributed by atoms with E-state index in [9.17, 15) is 4.79 Å². The Balaban J connectivity index is 2.66. The summed E-state index contributed by atoms with van der Waals surface area (Å²) in [5, 5.41) is 14.3. The predicted molar refractivity (Wildman–Crippen MR) is 65.7 cm³/mol. The predicted octanol–water partition coefficient (Wildman–Crippen LogP) is 2.84. The third kappa shape index (κ3) is 4.14. The molecule has 1 aromatic carbocycles. The number of rotatable bonds is 3. The van der Waals surface area contributed by atoms with E-state index in [1.807, 2.05) is 0 Å². The molecule has 0 spiro atoms. The number of carbonyl (C=O) groups is 1.